The van der Waals surface area contributed by atoms with Crippen LogP contribution in [-0.4, -0.2) is 36.7 Å². The highest BCUT2D eigenvalue weighted by Gasteiger charge is 2.38. The molecule has 2 heterocycles. The largest absolute Gasteiger partial charge is 0.487 e. The molecule has 0 radical (unpaired) electrons. The van der Waals surface area contributed by atoms with Gasteiger partial charge in [-0.25, -0.2) is 0 Å². The lowest BCUT2D eigenvalue weighted by Crippen LogP contribution is -2.53. The summed E-state index contributed by atoms with van der Waals surface area (Å²) >= 11 is 6.19. The van der Waals surface area contributed by atoms with Crippen LogP contribution in [0.5, 0.6) is 5.75 Å². The van der Waals surface area contributed by atoms with Gasteiger partial charge in [0.1, 0.15) is 11.9 Å². The second-order valence-corrected chi connectivity index (χ2v) is 7.28. The summed E-state index contributed by atoms with van der Waals surface area (Å²) in [5.74, 6) is 1.47. The lowest BCUT2D eigenvalue weighted by atomic mass is 9.82. The Balaban J connectivity index is 1.46. The molecule has 4 rings (SSSR count). The number of nitrogens with one attached hydrogen (secondary N) is 1. The van der Waals surface area contributed by atoms with Gasteiger partial charge in [0.05, 0.1) is 0 Å². The highest BCUT2D eigenvalue weighted by atomic mass is 35.5. The van der Waals surface area contributed by atoms with Gasteiger partial charge in [0.15, 0.2) is 0 Å². The summed E-state index contributed by atoms with van der Waals surface area (Å²) in [6.45, 7) is 6.23. The van der Waals surface area contributed by atoms with Crippen LogP contribution in [0.25, 0.3) is 0 Å². The maximum Gasteiger partial charge on any atom is 0.124 e. The molecule has 2 aromatic rings. The molecule has 2 aromatic carbocycles. The SMILES string of the molecule is CC1C(c2ccc(Cl)cc2OC2CNC2)CN1Cc1ccccc1. The van der Waals surface area contributed by atoms with Gasteiger partial charge in [-0.3, -0.25) is 4.90 Å². The summed E-state index contributed by atoms with van der Waals surface area (Å²) in [6, 6.07) is 17.3. The summed E-state index contributed by atoms with van der Waals surface area (Å²) in [4.78, 5) is 2.52. The monoisotopic (exact) mass is 342 g/mol. The second-order valence-electron chi connectivity index (χ2n) is 6.84. The van der Waals surface area contributed by atoms with E-state index in [1.54, 1.807) is 0 Å². The number of likely N-dealkylation sites (tertiary alicyclic amines) is 1. The van der Waals surface area contributed by atoms with Crippen LogP contribution in [-0.2, 0) is 6.54 Å². The van der Waals surface area contributed by atoms with Crippen molar-refractivity contribution in [2.75, 3.05) is 19.6 Å². The standard InChI is InChI=1S/C20H23ClN2O/c1-14-19(13-23(14)12-15-5-3-2-4-6-15)18-8-7-16(21)9-20(18)24-17-10-22-11-17/h2-9,14,17,19,22H,10-13H2,1H3. The summed E-state index contributed by atoms with van der Waals surface area (Å²) < 4.78 is 6.16. The molecule has 0 bridgehead atoms. The molecule has 2 unspecified atom stereocenters. The molecule has 0 saturated carbocycles. The number of hydrogen-bond donors (Lipinski definition) is 1. The van der Waals surface area contributed by atoms with E-state index in [0.29, 0.717) is 12.0 Å². The fourth-order valence-corrected chi connectivity index (χ4v) is 3.68. The van der Waals surface area contributed by atoms with Crippen molar-refractivity contribution in [3.8, 4) is 5.75 Å². The number of halogens is 1. The van der Waals surface area contributed by atoms with Gasteiger partial charge in [-0.05, 0) is 24.6 Å². The van der Waals surface area contributed by atoms with Crippen molar-refractivity contribution in [1.82, 2.24) is 10.2 Å². The molecule has 1 N–H and O–H groups in total. The molecule has 0 amide bonds. The summed E-state index contributed by atoms with van der Waals surface area (Å²) in [6.07, 6.45) is 0.276. The quantitative estimate of drug-likeness (QED) is 0.897. The molecule has 0 spiro atoms. The highest BCUT2D eigenvalue weighted by molar-refractivity contribution is 6.30. The maximum absolute atomic E-state index is 6.19. The molecule has 2 aliphatic heterocycles. The molecule has 2 fully saturated rings. The zero-order valence-electron chi connectivity index (χ0n) is 13.9. The van der Waals surface area contributed by atoms with E-state index in [1.165, 1.54) is 11.1 Å². The lowest BCUT2D eigenvalue weighted by molar-refractivity contribution is 0.0602. The predicted molar refractivity (Wildman–Crippen MR) is 97.8 cm³/mol. The van der Waals surface area contributed by atoms with E-state index >= 15 is 0 Å². The van der Waals surface area contributed by atoms with Gasteiger partial charge < -0.3 is 10.1 Å². The second kappa shape index (κ2) is 6.75. The van der Waals surface area contributed by atoms with Crippen LogP contribution in [0.2, 0.25) is 5.02 Å². The van der Waals surface area contributed by atoms with E-state index in [-0.39, 0.29) is 6.10 Å². The third kappa shape index (κ3) is 3.16. The Morgan fingerprint density at radius 3 is 2.62 bits per heavy atom. The molecule has 3 nitrogen and oxygen atoms in total. The van der Waals surface area contributed by atoms with E-state index in [4.69, 9.17) is 16.3 Å². The number of benzene rings is 2. The number of rotatable bonds is 5. The molecule has 4 heteroatoms. The Hall–Kier alpha value is -1.55. The van der Waals surface area contributed by atoms with E-state index in [2.05, 4.69) is 53.5 Å². The van der Waals surface area contributed by atoms with E-state index in [0.717, 1.165) is 37.0 Å². The normalized spacial score (nSPS) is 24.2. The molecular weight excluding hydrogens is 320 g/mol. The van der Waals surface area contributed by atoms with Crippen molar-refractivity contribution < 1.29 is 4.74 Å². The van der Waals surface area contributed by atoms with Gasteiger partial charge in [-0.1, -0.05) is 48.0 Å². The van der Waals surface area contributed by atoms with Crippen molar-refractivity contribution in [2.45, 2.75) is 31.5 Å². The van der Waals surface area contributed by atoms with Crippen molar-refractivity contribution in [2.24, 2.45) is 0 Å². The highest BCUT2D eigenvalue weighted by Crippen LogP contribution is 2.40. The van der Waals surface area contributed by atoms with Crippen LogP contribution in [0.3, 0.4) is 0 Å². The molecule has 2 aliphatic rings. The Labute approximate surface area is 148 Å². The number of nitrogens with zero attached hydrogens (tertiary/aromatic N) is 1. The van der Waals surface area contributed by atoms with Gasteiger partial charge in [0.2, 0.25) is 0 Å². The van der Waals surface area contributed by atoms with Crippen molar-refractivity contribution in [1.29, 1.82) is 0 Å². The van der Waals surface area contributed by atoms with Crippen LogP contribution < -0.4 is 10.1 Å². The molecule has 0 aromatic heterocycles. The van der Waals surface area contributed by atoms with E-state index in [9.17, 15) is 0 Å². The first-order valence-electron chi connectivity index (χ1n) is 8.65. The van der Waals surface area contributed by atoms with Crippen molar-refractivity contribution in [3.63, 3.8) is 0 Å². The van der Waals surface area contributed by atoms with Crippen LogP contribution in [0.1, 0.15) is 24.0 Å². The summed E-state index contributed by atoms with van der Waals surface area (Å²) in [5.41, 5.74) is 2.67. The average molecular weight is 343 g/mol. The minimum atomic E-state index is 0.276. The molecule has 24 heavy (non-hydrogen) atoms. The fraction of sp³-hybridized carbons (Fsp3) is 0.400. The molecular formula is C20H23ClN2O. The zero-order chi connectivity index (χ0) is 16.5. The third-order valence-electron chi connectivity index (χ3n) is 5.23. The van der Waals surface area contributed by atoms with Gasteiger partial charge in [0.25, 0.3) is 0 Å². The minimum Gasteiger partial charge on any atom is -0.487 e. The van der Waals surface area contributed by atoms with Gasteiger partial charge in [0, 0.05) is 48.7 Å². The smallest absolute Gasteiger partial charge is 0.124 e. The Kier molecular flexibility index (Phi) is 4.49. The van der Waals surface area contributed by atoms with Gasteiger partial charge in [-0.2, -0.15) is 0 Å². The first-order valence-corrected chi connectivity index (χ1v) is 9.03. The van der Waals surface area contributed by atoms with Crippen LogP contribution >= 0.6 is 11.6 Å². The Morgan fingerprint density at radius 1 is 1.17 bits per heavy atom. The predicted octanol–water partition coefficient (Wildman–Crippen LogP) is 3.68. The Morgan fingerprint density at radius 2 is 1.96 bits per heavy atom. The van der Waals surface area contributed by atoms with Gasteiger partial charge >= 0.3 is 0 Å². The van der Waals surface area contributed by atoms with E-state index in [1.807, 2.05) is 12.1 Å². The van der Waals surface area contributed by atoms with Crippen LogP contribution in [0.15, 0.2) is 48.5 Å². The minimum absolute atomic E-state index is 0.276. The summed E-state index contributed by atoms with van der Waals surface area (Å²) in [7, 11) is 0. The fourth-order valence-electron chi connectivity index (χ4n) is 3.51. The van der Waals surface area contributed by atoms with Crippen molar-refractivity contribution in [3.05, 3.63) is 64.7 Å². The summed E-state index contributed by atoms with van der Waals surface area (Å²) in [5, 5.41) is 3.99. The lowest BCUT2D eigenvalue weighted by Gasteiger charge is -2.47. The van der Waals surface area contributed by atoms with Gasteiger partial charge in [-0.15, -0.1) is 0 Å². The first-order chi connectivity index (χ1) is 11.7. The molecule has 126 valence electrons. The third-order valence-corrected chi connectivity index (χ3v) is 5.47. The molecule has 0 aliphatic carbocycles. The molecule has 2 saturated heterocycles. The van der Waals surface area contributed by atoms with E-state index < -0.39 is 0 Å². The first kappa shape index (κ1) is 15.9. The zero-order valence-corrected chi connectivity index (χ0v) is 14.7. The van der Waals surface area contributed by atoms with Crippen LogP contribution in [0, 0.1) is 0 Å². The molecule has 2 atom stereocenters. The maximum atomic E-state index is 6.19. The number of hydrogen-bond acceptors (Lipinski definition) is 3. The Bertz CT molecular complexity index is 702. The number of ether oxygens (including phenoxy) is 1. The van der Waals surface area contributed by atoms with Crippen LogP contribution in [0.4, 0.5) is 0 Å². The topological polar surface area (TPSA) is 24.5 Å². The average Bonchev–Trinajstić information content (AvgIpc) is 2.56. The van der Waals surface area contributed by atoms with Crippen molar-refractivity contribution >= 4 is 11.6 Å².